The summed E-state index contributed by atoms with van der Waals surface area (Å²) < 4.78 is 2.39. The van der Waals surface area contributed by atoms with Crippen LogP contribution >= 0.6 is 0 Å². The summed E-state index contributed by atoms with van der Waals surface area (Å²) in [5.74, 6) is 0. The fourth-order valence-corrected chi connectivity index (χ4v) is 9.16. The summed E-state index contributed by atoms with van der Waals surface area (Å²) in [5.41, 5.74) is 19.5. The van der Waals surface area contributed by atoms with Crippen LogP contribution in [0.3, 0.4) is 0 Å². The molecule has 0 aliphatic heterocycles. The second-order valence-electron chi connectivity index (χ2n) is 16.2. The molecule has 0 amide bonds. The van der Waals surface area contributed by atoms with Crippen molar-refractivity contribution in [3.63, 3.8) is 0 Å². The van der Waals surface area contributed by atoms with E-state index in [0.29, 0.717) is 0 Å². The minimum atomic E-state index is -0.0980. The summed E-state index contributed by atoms with van der Waals surface area (Å²) in [4.78, 5) is 2.40. The van der Waals surface area contributed by atoms with Gasteiger partial charge in [0.2, 0.25) is 0 Å². The molecule has 10 rings (SSSR count). The number of hydrogen-bond acceptors (Lipinski definition) is 1. The molecule has 0 spiro atoms. The summed E-state index contributed by atoms with van der Waals surface area (Å²) in [6.45, 7) is 8.95. The fourth-order valence-electron chi connectivity index (χ4n) is 9.16. The summed E-state index contributed by atoms with van der Waals surface area (Å²) in [7, 11) is 0. The standard InChI is InChI=1S/C57H46N2/c1-5-6-15-39(2)43-26-34-55-51(36-43)52-37-44(27-35-56(52)59(55)45-18-11-8-12-19-45)42-24-30-47(31-25-42)58(46-28-22-41(23-29-46)40-16-9-7-10-17-40)48-32-33-50-49-20-13-14-21-53(49)57(3,4)54(50)38-48/h5-38H,1-4H3/b6-5-,39-15+. The van der Waals surface area contributed by atoms with Crippen LogP contribution < -0.4 is 4.90 Å². The van der Waals surface area contributed by atoms with E-state index >= 15 is 0 Å². The molecule has 0 fully saturated rings. The van der Waals surface area contributed by atoms with Crippen LogP contribution in [-0.4, -0.2) is 4.57 Å². The van der Waals surface area contributed by atoms with Crippen molar-refractivity contribution in [2.24, 2.45) is 0 Å². The molecule has 2 nitrogen and oxygen atoms in total. The lowest BCUT2D eigenvalue weighted by Gasteiger charge is -2.28. The lowest BCUT2D eigenvalue weighted by molar-refractivity contribution is 0.660. The monoisotopic (exact) mass is 758 g/mol. The van der Waals surface area contributed by atoms with E-state index in [-0.39, 0.29) is 5.41 Å². The van der Waals surface area contributed by atoms with E-state index in [1.54, 1.807) is 0 Å². The van der Waals surface area contributed by atoms with E-state index in [0.717, 1.165) is 22.7 Å². The van der Waals surface area contributed by atoms with Gasteiger partial charge in [-0.2, -0.15) is 0 Å². The van der Waals surface area contributed by atoms with Gasteiger partial charge < -0.3 is 9.47 Å². The van der Waals surface area contributed by atoms with Crippen molar-refractivity contribution < 1.29 is 0 Å². The number of para-hydroxylation sites is 1. The van der Waals surface area contributed by atoms with E-state index in [4.69, 9.17) is 0 Å². The summed E-state index contributed by atoms with van der Waals surface area (Å²) in [6, 6.07) is 69.1. The third-order valence-corrected chi connectivity index (χ3v) is 12.3. The highest BCUT2D eigenvalue weighted by Crippen LogP contribution is 2.50. The zero-order chi connectivity index (χ0) is 40.1. The number of rotatable bonds is 8. The lowest BCUT2D eigenvalue weighted by atomic mass is 9.82. The molecule has 8 aromatic carbocycles. The first-order valence-corrected chi connectivity index (χ1v) is 20.6. The van der Waals surface area contributed by atoms with Crippen molar-refractivity contribution in [1.29, 1.82) is 0 Å². The van der Waals surface area contributed by atoms with Gasteiger partial charge >= 0.3 is 0 Å². The Bertz CT molecular complexity index is 3050. The second kappa shape index (κ2) is 14.7. The summed E-state index contributed by atoms with van der Waals surface area (Å²) in [6.07, 6.45) is 6.38. The van der Waals surface area contributed by atoms with Crippen LogP contribution in [0, 0.1) is 0 Å². The van der Waals surface area contributed by atoms with E-state index in [2.05, 4.69) is 243 Å². The van der Waals surface area contributed by atoms with Gasteiger partial charge in [0, 0.05) is 38.9 Å². The molecule has 0 saturated carbocycles. The first-order chi connectivity index (χ1) is 28.9. The number of nitrogens with zero attached hydrogens (tertiary/aromatic N) is 2. The zero-order valence-corrected chi connectivity index (χ0v) is 34.0. The Morgan fingerprint density at radius 1 is 0.492 bits per heavy atom. The van der Waals surface area contributed by atoms with Gasteiger partial charge in [-0.15, -0.1) is 0 Å². The van der Waals surface area contributed by atoms with Crippen LogP contribution in [0.4, 0.5) is 17.1 Å². The third kappa shape index (κ3) is 6.29. The molecular weight excluding hydrogens is 713 g/mol. The molecule has 9 aromatic rings. The maximum atomic E-state index is 2.41. The minimum absolute atomic E-state index is 0.0980. The van der Waals surface area contributed by atoms with E-state index in [9.17, 15) is 0 Å². The fraction of sp³-hybridized carbons (Fsp3) is 0.0877. The van der Waals surface area contributed by atoms with Gasteiger partial charge in [0.25, 0.3) is 0 Å². The molecule has 2 heteroatoms. The normalized spacial score (nSPS) is 13.3. The maximum absolute atomic E-state index is 2.41. The highest BCUT2D eigenvalue weighted by molar-refractivity contribution is 6.11. The smallest absolute Gasteiger partial charge is 0.0541 e. The largest absolute Gasteiger partial charge is 0.310 e. The maximum Gasteiger partial charge on any atom is 0.0541 e. The van der Waals surface area contributed by atoms with Crippen molar-refractivity contribution in [2.75, 3.05) is 4.90 Å². The van der Waals surface area contributed by atoms with Crippen LogP contribution in [0.1, 0.15) is 44.4 Å². The summed E-state index contributed by atoms with van der Waals surface area (Å²) in [5, 5.41) is 2.49. The van der Waals surface area contributed by atoms with Gasteiger partial charge in [0.05, 0.1) is 11.0 Å². The van der Waals surface area contributed by atoms with Crippen LogP contribution in [0.25, 0.3) is 66.4 Å². The van der Waals surface area contributed by atoms with Crippen LogP contribution in [0.5, 0.6) is 0 Å². The Labute approximate surface area is 347 Å². The van der Waals surface area contributed by atoms with Gasteiger partial charge in [-0.3, -0.25) is 0 Å². The Kier molecular flexibility index (Phi) is 8.99. The number of aromatic nitrogens is 1. The molecule has 1 aliphatic carbocycles. The van der Waals surface area contributed by atoms with Crippen LogP contribution in [0.15, 0.2) is 206 Å². The predicted octanol–water partition coefficient (Wildman–Crippen LogP) is 15.9. The van der Waals surface area contributed by atoms with Gasteiger partial charge in [-0.1, -0.05) is 147 Å². The lowest BCUT2D eigenvalue weighted by Crippen LogP contribution is -2.16. The SMILES string of the molecule is C/C=C\C=C(/C)c1ccc2c(c1)c1cc(-c3ccc(N(c4ccc(-c5ccccc5)cc4)c4ccc5c(c4)C(C)(C)c4ccccc4-5)cc3)ccc1n2-c1ccccc1. The van der Waals surface area contributed by atoms with Gasteiger partial charge in [0.1, 0.15) is 0 Å². The van der Waals surface area contributed by atoms with Gasteiger partial charge in [-0.25, -0.2) is 0 Å². The molecule has 0 bridgehead atoms. The predicted molar refractivity (Wildman–Crippen MR) is 252 cm³/mol. The molecule has 0 atom stereocenters. The van der Waals surface area contributed by atoms with Crippen molar-refractivity contribution in [2.45, 2.75) is 33.1 Å². The van der Waals surface area contributed by atoms with Crippen molar-refractivity contribution in [3.8, 4) is 39.1 Å². The molecule has 1 aliphatic rings. The number of anilines is 3. The second-order valence-corrected chi connectivity index (χ2v) is 16.2. The average Bonchev–Trinajstić information content (AvgIpc) is 3.74. The molecule has 1 aromatic heterocycles. The molecular formula is C57H46N2. The Morgan fingerprint density at radius 3 is 1.73 bits per heavy atom. The van der Waals surface area contributed by atoms with Gasteiger partial charge in [0.15, 0.2) is 0 Å². The van der Waals surface area contributed by atoms with Crippen molar-refractivity contribution in [1.82, 2.24) is 4.57 Å². The first kappa shape index (κ1) is 36.2. The van der Waals surface area contributed by atoms with E-state index < -0.39 is 0 Å². The Balaban J connectivity index is 1.08. The highest BCUT2D eigenvalue weighted by Gasteiger charge is 2.35. The topological polar surface area (TPSA) is 8.17 Å². The average molecular weight is 759 g/mol. The Morgan fingerprint density at radius 2 is 1.03 bits per heavy atom. The molecule has 0 N–H and O–H groups in total. The number of benzene rings is 8. The molecule has 0 saturated heterocycles. The molecule has 284 valence electrons. The van der Waals surface area contributed by atoms with Crippen molar-refractivity contribution >= 4 is 44.4 Å². The van der Waals surface area contributed by atoms with Crippen LogP contribution in [-0.2, 0) is 5.41 Å². The quantitative estimate of drug-likeness (QED) is 0.140. The molecule has 0 radical (unpaired) electrons. The first-order valence-electron chi connectivity index (χ1n) is 20.6. The van der Waals surface area contributed by atoms with E-state index in [1.165, 1.54) is 77.5 Å². The Hall–Kier alpha value is -7.16. The molecule has 0 unspecified atom stereocenters. The molecule has 1 heterocycles. The van der Waals surface area contributed by atoms with Crippen molar-refractivity contribution in [3.05, 3.63) is 223 Å². The minimum Gasteiger partial charge on any atom is -0.310 e. The summed E-state index contributed by atoms with van der Waals surface area (Å²) >= 11 is 0. The number of fused-ring (bicyclic) bond motifs is 6. The molecule has 59 heavy (non-hydrogen) atoms. The zero-order valence-electron chi connectivity index (χ0n) is 34.0. The van der Waals surface area contributed by atoms with E-state index in [1.807, 2.05) is 0 Å². The number of allylic oxidation sites excluding steroid dienone is 4. The highest BCUT2D eigenvalue weighted by atomic mass is 15.1. The van der Waals surface area contributed by atoms with Crippen LogP contribution in [0.2, 0.25) is 0 Å². The van der Waals surface area contributed by atoms with Gasteiger partial charge in [-0.05, 0) is 142 Å². The number of hydrogen-bond donors (Lipinski definition) is 0. The third-order valence-electron chi connectivity index (χ3n) is 12.3.